The molecule has 1 saturated heterocycles. The van der Waals surface area contributed by atoms with Crippen LogP contribution in [0.25, 0.3) is 0 Å². The highest BCUT2D eigenvalue weighted by Crippen LogP contribution is 2.24. The van der Waals surface area contributed by atoms with Gasteiger partial charge in [-0.3, -0.25) is 15.1 Å². The fourth-order valence-corrected chi connectivity index (χ4v) is 3.31. The van der Waals surface area contributed by atoms with E-state index in [1.54, 1.807) is 36.7 Å². The zero-order valence-corrected chi connectivity index (χ0v) is 15.9. The average molecular weight is 383 g/mol. The van der Waals surface area contributed by atoms with Crippen LogP contribution in [0.4, 0.5) is 0 Å². The summed E-state index contributed by atoms with van der Waals surface area (Å²) < 4.78 is 5.46. The van der Waals surface area contributed by atoms with E-state index in [0.717, 1.165) is 11.1 Å². The Morgan fingerprint density at radius 2 is 1.93 bits per heavy atom. The predicted molar refractivity (Wildman–Crippen MR) is 104 cm³/mol. The van der Waals surface area contributed by atoms with Gasteiger partial charge in [-0.2, -0.15) is 0 Å². The van der Waals surface area contributed by atoms with Crippen molar-refractivity contribution >= 4 is 11.9 Å². The van der Waals surface area contributed by atoms with Crippen LogP contribution in [0, 0.1) is 0 Å². The van der Waals surface area contributed by atoms with Gasteiger partial charge in [0, 0.05) is 32.2 Å². The van der Waals surface area contributed by atoms with Gasteiger partial charge in [-0.1, -0.05) is 18.2 Å². The molecule has 148 valence electrons. The molecule has 0 radical (unpaired) electrons. The highest BCUT2D eigenvalue weighted by atomic mass is 16.5. The smallest absolute Gasteiger partial charge is 0.335 e. The van der Waals surface area contributed by atoms with Gasteiger partial charge in [0.15, 0.2) is 0 Å². The number of hydrogen-bond acceptors (Lipinski definition) is 5. The molecule has 0 aliphatic carbocycles. The number of nitrogens with one attached hydrogen (secondary N) is 2. The number of rotatable bonds is 7. The summed E-state index contributed by atoms with van der Waals surface area (Å²) >= 11 is 0. The predicted octanol–water partition coefficient (Wildman–Crippen LogP) is 2.30. The van der Waals surface area contributed by atoms with Crippen molar-refractivity contribution in [3.63, 3.8) is 0 Å². The summed E-state index contributed by atoms with van der Waals surface area (Å²) in [6.45, 7) is 3.48. The quantitative estimate of drug-likeness (QED) is 0.678. The molecule has 2 heterocycles. The second-order valence-electron chi connectivity index (χ2n) is 7.03. The summed E-state index contributed by atoms with van der Waals surface area (Å²) in [6, 6.07) is 10.2. The Bertz CT molecular complexity index is 802. The molecule has 7 heteroatoms. The molecule has 1 aromatic heterocycles. The highest BCUT2D eigenvalue weighted by Gasteiger charge is 2.40. The first-order valence-electron chi connectivity index (χ1n) is 9.36. The number of nitrogens with zero attached hydrogens (tertiary/aromatic N) is 1. The number of ether oxygens (including phenoxy) is 1. The Hall–Kier alpha value is -2.77. The van der Waals surface area contributed by atoms with Crippen molar-refractivity contribution in [3.8, 4) is 0 Å². The van der Waals surface area contributed by atoms with Gasteiger partial charge in [0.1, 0.15) is 5.54 Å². The van der Waals surface area contributed by atoms with Crippen LogP contribution in [0.5, 0.6) is 0 Å². The maximum absolute atomic E-state index is 13.2. The molecule has 0 bridgehead atoms. The zero-order chi connectivity index (χ0) is 20.0. The summed E-state index contributed by atoms with van der Waals surface area (Å²) in [5.41, 5.74) is 1.39. The third kappa shape index (κ3) is 4.74. The molecule has 3 N–H and O–H groups in total. The second kappa shape index (κ2) is 8.95. The molecule has 1 unspecified atom stereocenters. The van der Waals surface area contributed by atoms with Crippen molar-refractivity contribution < 1.29 is 19.4 Å². The number of aromatic nitrogens is 1. The molecule has 1 fully saturated rings. The summed E-state index contributed by atoms with van der Waals surface area (Å²) in [7, 11) is 0. The maximum atomic E-state index is 13.2. The third-order valence-electron chi connectivity index (χ3n) is 5.14. The topological polar surface area (TPSA) is 101 Å². The molecule has 1 amide bonds. The first-order valence-corrected chi connectivity index (χ1v) is 9.36. The van der Waals surface area contributed by atoms with E-state index in [0.29, 0.717) is 32.6 Å². The van der Waals surface area contributed by atoms with Gasteiger partial charge in [0.25, 0.3) is 0 Å². The number of pyridine rings is 1. The Balaban J connectivity index is 1.69. The SMILES string of the molecule is CC(NC(=O)C1(NCc2cccnc2)CCOCC1)c1ccc(C(=O)O)cc1. The van der Waals surface area contributed by atoms with Gasteiger partial charge in [-0.05, 0) is 49.1 Å². The van der Waals surface area contributed by atoms with E-state index in [4.69, 9.17) is 9.84 Å². The van der Waals surface area contributed by atoms with Gasteiger partial charge < -0.3 is 15.2 Å². The fourth-order valence-electron chi connectivity index (χ4n) is 3.31. The highest BCUT2D eigenvalue weighted by molar-refractivity contribution is 5.88. The molecule has 7 nitrogen and oxygen atoms in total. The molecule has 0 spiro atoms. The van der Waals surface area contributed by atoms with Crippen LogP contribution in [0.15, 0.2) is 48.8 Å². The van der Waals surface area contributed by atoms with E-state index < -0.39 is 11.5 Å². The lowest BCUT2D eigenvalue weighted by Crippen LogP contribution is -2.59. The first-order chi connectivity index (χ1) is 13.5. The van der Waals surface area contributed by atoms with E-state index in [-0.39, 0.29) is 17.5 Å². The standard InChI is InChI=1S/C21H25N3O4/c1-15(17-4-6-18(7-5-17)19(25)26)24-20(27)21(8-11-28-12-9-21)23-14-16-3-2-10-22-13-16/h2-7,10,13,15,23H,8-9,11-12,14H2,1H3,(H,24,27)(H,25,26). The number of amides is 1. The maximum Gasteiger partial charge on any atom is 0.335 e. The third-order valence-corrected chi connectivity index (χ3v) is 5.14. The van der Waals surface area contributed by atoms with Gasteiger partial charge >= 0.3 is 5.97 Å². The number of benzene rings is 1. The zero-order valence-electron chi connectivity index (χ0n) is 15.9. The van der Waals surface area contributed by atoms with Crippen LogP contribution in [0.2, 0.25) is 0 Å². The minimum absolute atomic E-state index is 0.0745. The molecular weight excluding hydrogens is 358 g/mol. The number of hydrogen-bond donors (Lipinski definition) is 3. The number of aromatic carboxylic acids is 1. The molecule has 28 heavy (non-hydrogen) atoms. The monoisotopic (exact) mass is 383 g/mol. The van der Waals surface area contributed by atoms with Gasteiger partial charge in [-0.25, -0.2) is 4.79 Å². The molecule has 1 aliphatic rings. The summed E-state index contributed by atoms with van der Waals surface area (Å²) in [5, 5.41) is 15.5. The van der Waals surface area contributed by atoms with Crippen LogP contribution >= 0.6 is 0 Å². The van der Waals surface area contributed by atoms with E-state index in [1.165, 1.54) is 0 Å². The lowest BCUT2D eigenvalue weighted by molar-refractivity contribution is -0.132. The Kier molecular flexibility index (Phi) is 6.38. The average Bonchev–Trinajstić information content (AvgIpc) is 2.73. The van der Waals surface area contributed by atoms with Crippen LogP contribution in [-0.2, 0) is 16.1 Å². The molecule has 1 atom stereocenters. The van der Waals surface area contributed by atoms with Crippen molar-refractivity contribution in [1.29, 1.82) is 0 Å². The summed E-state index contributed by atoms with van der Waals surface area (Å²) in [6.07, 6.45) is 4.68. The van der Waals surface area contributed by atoms with Gasteiger partial charge in [-0.15, -0.1) is 0 Å². The lowest BCUT2D eigenvalue weighted by Gasteiger charge is -2.37. The van der Waals surface area contributed by atoms with Crippen molar-refractivity contribution in [2.75, 3.05) is 13.2 Å². The normalized spacial score (nSPS) is 16.9. The Labute approximate surface area is 164 Å². The van der Waals surface area contributed by atoms with E-state index in [9.17, 15) is 9.59 Å². The number of carbonyl (C=O) groups is 2. The first kappa shape index (κ1) is 20.0. The van der Waals surface area contributed by atoms with Crippen LogP contribution in [0.3, 0.4) is 0 Å². The molecule has 0 saturated carbocycles. The molecular formula is C21H25N3O4. The van der Waals surface area contributed by atoms with Crippen LogP contribution in [0.1, 0.15) is 47.3 Å². The number of carboxylic acids is 1. The minimum Gasteiger partial charge on any atom is -0.478 e. The number of carboxylic acid groups (broad SMARTS) is 1. The second-order valence-corrected chi connectivity index (χ2v) is 7.03. The van der Waals surface area contributed by atoms with Crippen LogP contribution < -0.4 is 10.6 Å². The fraction of sp³-hybridized carbons (Fsp3) is 0.381. The van der Waals surface area contributed by atoms with Crippen molar-refractivity contribution in [3.05, 3.63) is 65.5 Å². The minimum atomic E-state index is -0.969. The molecule has 1 aromatic carbocycles. The Morgan fingerprint density at radius 1 is 1.21 bits per heavy atom. The largest absolute Gasteiger partial charge is 0.478 e. The molecule has 2 aromatic rings. The van der Waals surface area contributed by atoms with Gasteiger partial charge in [0.2, 0.25) is 5.91 Å². The van der Waals surface area contributed by atoms with Crippen molar-refractivity contribution in [1.82, 2.24) is 15.6 Å². The van der Waals surface area contributed by atoms with Gasteiger partial charge in [0.05, 0.1) is 11.6 Å². The van der Waals surface area contributed by atoms with Crippen molar-refractivity contribution in [2.24, 2.45) is 0 Å². The summed E-state index contributed by atoms with van der Waals surface area (Å²) in [4.78, 5) is 28.3. The van der Waals surface area contributed by atoms with E-state index >= 15 is 0 Å². The molecule has 3 rings (SSSR count). The Morgan fingerprint density at radius 3 is 2.54 bits per heavy atom. The lowest BCUT2D eigenvalue weighted by atomic mass is 9.88. The number of carbonyl (C=O) groups excluding carboxylic acids is 1. The van der Waals surface area contributed by atoms with E-state index in [1.807, 2.05) is 19.1 Å². The van der Waals surface area contributed by atoms with Crippen molar-refractivity contribution in [2.45, 2.75) is 37.9 Å². The van der Waals surface area contributed by atoms with E-state index in [2.05, 4.69) is 15.6 Å². The summed E-state index contributed by atoms with van der Waals surface area (Å²) in [5.74, 6) is -1.04. The molecule has 1 aliphatic heterocycles. The van der Waals surface area contributed by atoms with Crippen LogP contribution in [-0.4, -0.2) is 40.7 Å².